The van der Waals surface area contributed by atoms with Crippen molar-refractivity contribution >= 4 is 35.4 Å². The maximum Gasteiger partial charge on any atom is 0.338 e. The first kappa shape index (κ1) is 21.3. The Bertz CT molecular complexity index is 807. The van der Waals surface area contributed by atoms with Crippen molar-refractivity contribution in [2.24, 2.45) is 0 Å². The van der Waals surface area contributed by atoms with E-state index >= 15 is 0 Å². The Labute approximate surface area is 168 Å². The van der Waals surface area contributed by atoms with Crippen LogP contribution in [0.4, 0.5) is 10.5 Å². The van der Waals surface area contributed by atoms with Gasteiger partial charge in [0.25, 0.3) is 0 Å². The van der Waals surface area contributed by atoms with Crippen molar-refractivity contribution in [3.05, 3.63) is 65.2 Å². The van der Waals surface area contributed by atoms with Gasteiger partial charge in [0.2, 0.25) is 5.91 Å². The summed E-state index contributed by atoms with van der Waals surface area (Å²) in [5.41, 5.74) is 7.85. The summed E-state index contributed by atoms with van der Waals surface area (Å²) in [5, 5.41) is 2.56. The summed E-state index contributed by atoms with van der Waals surface area (Å²) in [7, 11) is 0. The fourth-order valence-electron chi connectivity index (χ4n) is 2.17. The fraction of sp³-hybridized carbons (Fsp3) is 0.250. The number of thioether (sulfide) groups is 1. The zero-order valence-corrected chi connectivity index (χ0v) is 16.6. The van der Waals surface area contributed by atoms with Gasteiger partial charge in [-0.15, -0.1) is 11.8 Å². The number of rotatable bonds is 7. The van der Waals surface area contributed by atoms with Crippen molar-refractivity contribution in [1.82, 2.24) is 10.9 Å². The van der Waals surface area contributed by atoms with Crippen LogP contribution in [0.3, 0.4) is 0 Å². The molecule has 0 aliphatic heterocycles. The molecule has 0 heterocycles. The van der Waals surface area contributed by atoms with Crippen LogP contribution in [0.25, 0.3) is 0 Å². The Kier molecular flexibility index (Phi) is 8.36. The highest BCUT2D eigenvalue weighted by Gasteiger charge is 2.08. The molecule has 2 aromatic rings. The summed E-state index contributed by atoms with van der Waals surface area (Å²) in [6.07, 6.45) is 0. The van der Waals surface area contributed by atoms with Gasteiger partial charge >= 0.3 is 12.0 Å². The lowest BCUT2D eigenvalue weighted by Crippen LogP contribution is -2.44. The molecule has 0 aliphatic rings. The first-order valence-electron chi connectivity index (χ1n) is 8.74. The van der Waals surface area contributed by atoms with Gasteiger partial charge in [-0.05, 0) is 43.7 Å². The van der Waals surface area contributed by atoms with Gasteiger partial charge in [-0.1, -0.05) is 29.8 Å². The number of anilines is 1. The minimum atomic E-state index is -0.583. The normalized spacial score (nSPS) is 10.1. The van der Waals surface area contributed by atoms with E-state index in [9.17, 15) is 14.4 Å². The standard InChI is InChI=1S/C20H23N3O4S/c1-3-27-19(25)16-8-10-17(11-9-16)21-20(26)23-22-18(24)13-28-12-15-6-4-14(2)5-7-15/h4-11H,3,12-13H2,1-2H3,(H,22,24)(H2,21,23,26). The number of carbonyl (C=O) groups is 3. The van der Waals surface area contributed by atoms with E-state index in [1.54, 1.807) is 31.2 Å². The minimum Gasteiger partial charge on any atom is -0.462 e. The number of nitrogens with one attached hydrogen (secondary N) is 3. The van der Waals surface area contributed by atoms with Crippen molar-refractivity contribution in [2.75, 3.05) is 17.7 Å². The summed E-state index contributed by atoms with van der Waals surface area (Å²) in [6, 6.07) is 13.8. The Morgan fingerprint density at radius 3 is 2.29 bits per heavy atom. The molecule has 2 rings (SSSR count). The number of aryl methyl sites for hydroxylation is 1. The zero-order chi connectivity index (χ0) is 20.4. The Balaban J connectivity index is 1.67. The third kappa shape index (κ3) is 7.32. The van der Waals surface area contributed by atoms with Gasteiger partial charge in [0.15, 0.2) is 0 Å². The maximum atomic E-state index is 11.8. The largest absolute Gasteiger partial charge is 0.462 e. The first-order chi connectivity index (χ1) is 13.5. The third-order valence-electron chi connectivity index (χ3n) is 3.59. The van der Waals surface area contributed by atoms with E-state index in [1.807, 2.05) is 31.2 Å². The van der Waals surface area contributed by atoms with Gasteiger partial charge in [-0.25, -0.2) is 15.0 Å². The van der Waals surface area contributed by atoms with E-state index in [0.717, 1.165) is 5.56 Å². The van der Waals surface area contributed by atoms with Crippen molar-refractivity contribution in [3.8, 4) is 0 Å². The number of carbonyl (C=O) groups excluding carboxylic acids is 3. The molecule has 3 N–H and O–H groups in total. The first-order valence-corrected chi connectivity index (χ1v) is 9.89. The van der Waals surface area contributed by atoms with Gasteiger partial charge < -0.3 is 10.1 Å². The third-order valence-corrected chi connectivity index (χ3v) is 4.60. The minimum absolute atomic E-state index is 0.225. The van der Waals surface area contributed by atoms with Gasteiger partial charge in [0, 0.05) is 11.4 Å². The van der Waals surface area contributed by atoms with Crippen LogP contribution in [0.5, 0.6) is 0 Å². The molecule has 0 radical (unpaired) electrons. The molecule has 2 aromatic carbocycles. The van der Waals surface area contributed by atoms with E-state index in [0.29, 0.717) is 23.6 Å². The lowest BCUT2D eigenvalue weighted by atomic mass is 10.2. The molecule has 0 atom stereocenters. The molecular weight excluding hydrogens is 378 g/mol. The number of amides is 3. The van der Waals surface area contributed by atoms with Gasteiger partial charge in [0.05, 0.1) is 17.9 Å². The lowest BCUT2D eigenvalue weighted by Gasteiger charge is -2.09. The highest BCUT2D eigenvalue weighted by molar-refractivity contribution is 7.99. The van der Waals surface area contributed by atoms with Crippen LogP contribution < -0.4 is 16.2 Å². The van der Waals surface area contributed by atoms with Crippen LogP contribution in [0.1, 0.15) is 28.4 Å². The van der Waals surface area contributed by atoms with Crippen LogP contribution in [-0.2, 0) is 15.3 Å². The number of esters is 1. The van der Waals surface area contributed by atoms with Crippen LogP contribution in [0, 0.1) is 6.92 Å². The molecule has 0 fully saturated rings. The molecule has 0 unspecified atom stereocenters. The number of benzene rings is 2. The molecule has 8 heteroatoms. The Hall–Kier alpha value is -3.00. The van der Waals surface area contributed by atoms with Crippen molar-refractivity contribution < 1.29 is 19.1 Å². The van der Waals surface area contributed by atoms with Crippen LogP contribution in [-0.4, -0.2) is 30.3 Å². The molecule has 7 nitrogen and oxygen atoms in total. The van der Waals surface area contributed by atoms with Gasteiger partial charge in [-0.3, -0.25) is 10.2 Å². The molecule has 0 aliphatic carbocycles. The van der Waals surface area contributed by atoms with E-state index in [1.165, 1.54) is 17.3 Å². The van der Waals surface area contributed by atoms with E-state index in [-0.39, 0.29) is 11.7 Å². The Morgan fingerprint density at radius 2 is 1.64 bits per heavy atom. The average Bonchev–Trinajstić information content (AvgIpc) is 2.69. The maximum absolute atomic E-state index is 11.8. The second-order valence-electron chi connectivity index (χ2n) is 5.90. The molecule has 28 heavy (non-hydrogen) atoms. The molecule has 3 amide bonds. The van der Waals surface area contributed by atoms with Crippen molar-refractivity contribution in [3.63, 3.8) is 0 Å². The van der Waals surface area contributed by atoms with Crippen molar-refractivity contribution in [1.29, 1.82) is 0 Å². The number of hydrogen-bond donors (Lipinski definition) is 3. The molecule has 0 spiro atoms. The smallest absolute Gasteiger partial charge is 0.338 e. The molecule has 0 bridgehead atoms. The molecular formula is C20H23N3O4S. The van der Waals surface area contributed by atoms with Crippen LogP contribution in [0.2, 0.25) is 0 Å². The van der Waals surface area contributed by atoms with E-state index in [4.69, 9.17) is 4.74 Å². The molecule has 0 saturated carbocycles. The van der Waals surface area contributed by atoms with Gasteiger partial charge in [-0.2, -0.15) is 0 Å². The predicted octanol–water partition coefficient (Wildman–Crippen LogP) is 3.26. The quantitative estimate of drug-likeness (QED) is 0.489. The molecule has 0 aromatic heterocycles. The summed E-state index contributed by atoms with van der Waals surface area (Å²) in [4.78, 5) is 35.2. The number of hydrogen-bond acceptors (Lipinski definition) is 5. The summed E-state index contributed by atoms with van der Waals surface area (Å²) in [6.45, 7) is 4.05. The van der Waals surface area contributed by atoms with Gasteiger partial charge in [0.1, 0.15) is 0 Å². The number of urea groups is 1. The Morgan fingerprint density at radius 1 is 0.964 bits per heavy atom. The lowest BCUT2D eigenvalue weighted by molar-refractivity contribution is -0.119. The molecule has 0 saturated heterocycles. The SMILES string of the molecule is CCOC(=O)c1ccc(NC(=O)NNC(=O)CSCc2ccc(C)cc2)cc1. The second-order valence-corrected chi connectivity index (χ2v) is 6.89. The molecule has 148 valence electrons. The monoisotopic (exact) mass is 401 g/mol. The van der Waals surface area contributed by atoms with E-state index < -0.39 is 12.0 Å². The van der Waals surface area contributed by atoms with Crippen molar-refractivity contribution in [2.45, 2.75) is 19.6 Å². The number of ether oxygens (including phenoxy) is 1. The highest BCUT2D eigenvalue weighted by atomic mass is 32.2. The summed E-state index contributed by atoms with van der Waals surface area (Å²) in [5.74, 6) is 0.216. The number of hydrazine groups is 1. The van der Waals surface area contributed by atoms with E-state index in [2.05, 4.69) is 16.2 Å². The van der Waals surface area contributed by atoms with Crippen LogP contribution in [0.15, 0.2) is 48.5 Å². The summed E-state index contributed by atoms with van der Waals surface area (Å²) < 4.78 is 4.89. The summed E-state index contributed by atoms with van der Waals surface area (Å²) >= 11 is 1.46. The topological polar surface area (TPSA) is 96.5 Å². The highest BCUT2D eigenvalue weighted by Crippen LogP contribution is 2.13. The van der Waals surface area contributed by atoms with Crippen LogP contribution >= 0.6 is 11.8 Å². The second kappa shape index (κ2) is 11.0. The fourth-order valence-corrected chi connectivity index (χ4v) is 2.96. The zero-order valence-electron chi connectivity index (χ0n) is 15.8. The average molecular weight is 401 g/mol. The predicted molar refractivity (Wildman–Crippen MR) is 110 cm³/mol.